The van der Waals surface area contributed by atoms with E-state index in [4.69, 9.17) is 21.7 Å². The van der Waals surface area contributed by atoms with Gasteiger partial charge in [-0.3, -0.25) is 4.79 Å². The maximum Gasteiger partial charge on any atom is 0.338 e. The monoisotopic (exact) mass is 431 g/mol. The molecular formula is C22H29N3O4S. The molecule has 1 aromatic carbocycles. The van der Waals surface area contributed by atoms with Gasteiger partial charge in [0, 0.05) is 31.5 Å². The van der Waals surface area contributed by atoms with E-state index >= 15 is 0 Å². The number of amides is 1. The number of carbonyl (C=O) groups excluding carboxylic acids is 2. The molecule has 1 amide bonds. The predicted molar refractivity (Wildman–Crippen MR) is 119 cm³/mol. The van der Waals surface area contributed by atoms with Crippen LogP contribution in [-0.4, -0.2) is 49.3 Å². The van der Waals surface area contributed by atoms with E-state index in [9.17, 15) is 9.59 Å². The Morgan fingerprint density at radius 2 is 2.00 bits per heavy atom. The molecule has 1 aliphatic carbocycles. The third-order valence-corrected chi connectivity index (χ3v) is 6.10. The molecule has 1 saturated carbocycles. The lowest BCUT2D eigenvalue weighted by atomic mass is 9.94. The third-order valence-electron chi connectivity index (χ3n) is 5.71. The van der Waals surface area contributed by atoms with Crippen LogP contribution in [0.2, 0.25) is 0 Å². The molecule has 0 bridgehead atoms. The van der Waals surface area contributed by atoms with Crippen LogP contribution < -0.4 is 10.6 Å². The van der Waals surface area contributed by atoms with E-state index < -0.39 is 12.0 Å². The van der Waals surface area contributed by atoms with Crippen molar-refractivity contribution in [2.24, 2.45) is 5.92 Å². The lowest BCUT2D eigenvalue weighted by molar-refractivity contribution is -0.140. The molecule has 30 heavy (non-hydrogen) atoms. The fraction of sp³-hybridized carbons (Fsp3) is 0.500. The number of allylic oxidation sites excluding steroid dienone is 1. The van der Waals surface area contributed by atoms with Gasteiger partial charge in [-0.25, -0.2) is 4.79 Å². The Morgan fingerprint density at radius 1 is 1.27 bits per heavy atom. The SMILES string of the molecule is COCCOC(=O)C1=C(C)N(C)C(=S)NC1c1cccc(NC(=O)C2CCCC2)c1. The Kier molecular flexibility index (Phi) is 7.44. The Bertz CT molecular complexity index is 849. The van der Waals surface area contributed by atoms with Crippen molar-refractivity contribution in [2.45, 2.75) is 38.6 Å². The van der Waals surface area contributed by atoms with Gasteiger partial charge < -0.3 is 25.0 Å². The average molecular weight is 432 g/mol. The fourth-order valence-electron chi connectivity index (χ4n) is 3.87. The number of carbonyl (C=O) groups is 2. The Labute approximate surface area is 182 Å². The zero-order chi connectivity index (χ0) is 21.7. The highest BCUT2D eigenvalue weighted by Crippen LogP contribution is 2.32. The van der Waals surface area contributed by atoms with Crippen molar-refractivity contribution in [1.82, 2.24) is 10.2 Å². The lowest BCUT2D eigenvalue weighted by Crippen LogP contribution is -2.46. The minimum atomic E-state index is -0.466. The average Bonchev–Trinajstić information content (AvgIpc) is 3.27. The quantitative estimate of drug-likeness (QED) is 0.390. The van der Waals surface area contributed by atoms with Gasteiger partial charge in [0.05, 0.1) is 18.2 Å². The van der Waals surface area contributed by atoms with Gasteiger partial charge in [-0.2, -0.15) is 0 Å². The highest BCUT2D eigenvalue weighted by molar-refractivity contribution is 7.80. The summed E-state index contributed by atoms with van der Waals surface area (Å²) in [6.45, 7) is 2.34. The first kappa shape index (κ1) is 22.2. The van der Waals surface area contributed by atoms with Gasteiger partial charge in [0.1, 0.15) is 6.61 Å². The summed E-state index contributed by atoms with van der Waals surface area (Å²) >= 11 is 5.44. The van der Waals surface area contributed by atoms with E-state index in [1.165, 1.54) is 0 Å². The maximum atomic E-state index is 12.8. The van der Waals surface area contributed by atoms with Crippen molar-refractivity contribution >= 4 is 34.9 Å². The summed E-state index contributed by atoms with van der Waals surface area (Å²) in [6.07, 6.45) is 4.09. The molecule has 0 spiro atoms. The minimum Gasteiger partial charge on any atom is -0.460 e. The fourth-order valence-corrected chi connectivity index (χ4v) is 4.13. The minimum absolute atomic E-state index is 0.0578. The molecule has 1 heterocycles. The summed E-state index contributed by atoms with van der Waals surface area (Å²) in [7, 11) is 3.36. The number of hydrogen-bond donors (Lipinski definition) is 2. The largest absolute Gasteiger partial charge is 0.460 e. The second-order valence-corrected chi connectivity index (χ2v) is 8.05. The van der Waals surface area contributed by atoms with E-state index in [2.05, 4.69) is 10.6 Å². The Balaban J connectivity index is 1.85. The van der Waals surface area contributed by atoms with E-state index in [-0.39, 0.29) is 18.4 Å². The smallest absolute Gasteiger partial charge is 0.338 e. The zero-order valence-corrected chi connectivity index (χ0v) is 18.5. The lowest BCUT2D eigenvalue weighted by Gasteiger charge is -2.35. The summed E-state index contributed by atoms with van der Waals surface area (Å²) in [6, 6.07) is 7.05. The molecule has 2 aliphatic rings. The second-order valence-electron chi connectivity index (χ2n) is 7.67. The van der Waals surface area contributed by atoms with E-state index in [0.29, 0.717) is 23.0 Å². The van der Waals surface area contributed by atoms with Crippen molar-refractivity contribution in [3.05, 3.63) is 41.1 Å². The number of ether oxygens (including phenoxy) is 2. The van der Waals surface area contributed by atoms with Crippen molar-refractivity contribution in [3.8, 4) is 0 Å². The zero-order valence-electron chi connectivity index (χ0n) is 17.7. The molecule has 1 atom stereocenters. The number of anilines is 1. The van der Waals surface area contributed by atoms with Crippen LogP contribution in [0, 0.1) is 5.92 Å². The van der Waals surface area contributed by atoms with Crippen molar-refractivity contribution in [3.63, 3.8) is 0 Å². The van der Waals surface area contributed by atoms with Gasteiger partial charge >= 0.3 is 5.97 Å². The highest BCUT2D eigenvalue weighted by atomic mass is 32.1. The molecular weight excluding hydrogens is 402 g/mol. The summed E-state index contributed by atoms with van der Waals surface area (Å²) in [5.74, 6) is -0.282. The molecule has 162 valence electrons. The van der Waals surface area contributed by atoms with Gasteiger partial charge in [-0.05, 0) is 49.7 Å². The Morgan fingerprint density at radius 3 is 2.70 bits per heavy atom. The standard InChI is InChI=1S/C22H29N3O4S/c1-14-18(21(27)29-12-11-28-3)19(24-22(30)25(14)2)16-9-6-10-17(13-16)23-20(26)15-7-4-5-8-15/h6,9-10,13,15,19H,4-5,7-8,11-12H2,1-3H3,(H,23,26)(H,24,30). The van der Waals surface area contributed by atoms with Gasteiger partial charge in [0.15, 0.2) is 5.11 Å². The van der Waals surface area contributed by atoms with Crippen LogP contribution in [0.4, 0.5) is 5.69 Å². The molecule has 7 nitrogen and oxygen atoms in total. The summed E-state index contributed by atoms with van der Waals surface area (Å²) in [5.41, 5.74) is 2.75. The van der Waals surface area contributed by atoms with Crippen LogP contribution in [0.15, 0.2) is 35.5 Å². The van der Waals surface area contributed by atoms with Gasteiger partial charge in [0.2, 0.25) is 5.91 Å². The summed E-state index contributed by atoms with van der Waals surface area (Å²) in [5, 5.41) is 6.77. The molecule has 1 unspecified atom stereocenters. The van der Waals surface area contributed by atoms with Crippen LogP contribution >= 0.6 is 12.2 Å². The molecule has 0 aromatic heterocycles. The first-order valence-electron chi connectivity index (χ1n) is 10.2. The van der Waals surface area contributed by atoms with Crippen LogP contribution in [-0.2, 0) is 19.1 Å². The first-order valence-corrected chi connectivity index (χ1v) is 10.6. The molecule has 1 aliphatic heterocycles. The van der Waals surface area contributed by atoms with Crippen molar-refractivity contribution in [2.75, 3.05) is 32.7 Å². The molecule has 0 saturated heterocycles. The molecule has 0 radical (unpaired) electrons. The number of esters is 1. The van der Waals surface area contributed by atoms with Crippen LogP contribution in [0.1, 0.15) is 44.2 Å². The second kappa shape index (κ2) is 10.0. The number of nitrogens with zero attached hydrogens (tertiary/aromatic N) is 1. The first-order chi connectivity index (χ1) is 14.4. The van der Waals surface area contributed by atoms with Crippen LogP contribution in [0.25, 0.3) is 0 Å². The number of thiocarbonyl (C=S) groups is 1. The van der Waals surface area contributed by atoms with E-state index in [1.54, 1.807) is 12.0 Å². The molecule has 2 N–H and O–H groups in total. The summed E-state index contributed by atoms with van der Waals surface area (Å²) in [4.78, 5) is 27.1. The molecule has 1 aromatic rings. The van der Waals surface area contributed by atoms with Crippen LogP contribution in [0.3, 0.4) is 0 Å². The molecule has 3 rings (SSSR count). The number of benzene rings is 1. The molecule has 8 heteroatoms. The molecule has 1 fully saturated rings. The number of nitrogens with one attached hydrogen (secondary N) is 2. The number of methoxy groups -OCH3 is 1. The van der Waals surface area contributed by atoms with E-state index in [0.717, 1.165) is 36.9 Å². The maximum absolute atomic E-state index is 12.8. The van der Waals surface area contributed by atoms with Crippen molar-refractivity contribution in [1.29, 1.82) is 0 Å². The van der Waals surface area contributed by atoms with Gasteiger partial charge in [-0.1, -0.05) is 25.0 Å². The number of hydrogen-bond acceptors (Lipinski definition) is 5. The normalized spacial score (nSPS) is 19.6. The topological polar surface area (TPSA) is 79.9 Å². The third kappa shape index (κ3) is 4.99. The Hall–Kier alpha value is -2.45. The van der Waals surface area contributed by atoms with Crippen molar-refractivity contribution < 1.29 is 19.1 Å². The highest BCUT2D eigenvalue weighted by Gasteiger charge is 2.33. The van der Waals surface area contributed by atoms with Crippen LogP contribution in [0.5, 0.6) is 0 Å². The summed E-state index contributed by atoms with van der Waals surface area (Å²) < 4.78 is 10.4. The van der Waals surface area contributed by atoms with Gasteiger partial charge in [0.25, 0.3) is 0 Å². The van der Waals surface area contributed by atoms with Gasteiger partial charge in [-0.15, -0.1) is 0 Å². The van der Waals surface area contributed by atoms with E-state index in [1.807, 2.05) is 38.2 Å². The number of rotatable bonds is 7. The predicted octanol–water partition coefficient (Wildman–Crippen LogP) is 3.14.